The van der Waals surface area contributed by atoms with E-state index in [0.717, 1.165) is 6.42 Å². The van der Waals surface area contributed by atoms with Crippen molar-refractivity contribution in [3.8, 4) is 0 Å². The second kappa shape index (κ2) is 8.19. The highest BCUT2D eigenvalue weighted by Crippen LogP contribution is 2.21. The Bertz CT molecular complexity index is 516. The molecule has 0 aliphatic carbocycles. The van der Waals surface area contributed by atoms with Crippen LogP contribution in [0.5, 0.6) is 0 Å². The Morgan fingerprint density at radius 1 is 0.850 bits per heavy atom. The van der Waals surface area contributed by atoms with E-state index in [0.29, 0.717) is 0 Å². The monoisotopic (exact) mass is 262 g/mol. The summed E-state index contributed by atoms with van der Waals surface area (Å²) in [7, 11) is 0. The first-order valence-corrected chi connectivity index (χ1v) is 7.48. The highest BCUT2D eigenvalue weighted by molar-refractivity contribution is 5.79. The number of hydrogen-bond donors (Lipinski definition) is 0. The van der Waals surface area contributed by atoms with Crippen molar-refractivity contribution >= 4 is 5.57 Å². The van der Waals surface area contributed by atoms with Gasteiger partial charge in [-0.15, -0.1) is 5.73 Å². The summed E-state index contributed by atoms with van der Waals surface area (Å²) in [5, 5.41) is 0. The maximum Gasteiger partial charge on any atom is 0.0306 e. The summed E-state index contributed by atoms with van der Waals surface area (Å²) in [6.07, 6.45) is 7.11. The Hall–Kier alpha value is -2.04. The first-order valence-electron chi connectivity index (χ1n) is 7.48. The molecule has 0 saturated carbocycles. The van der Waals surface area contributed by atoms with E-state index in [2.05, 4.69) is 79.4 Å². The normalized spacial score (nSPS) is 9.85. The molecular weight excluding hydrogens is 240 g/mol. The van der Waals surface area contributed by atoms with Crippen LogP contribution in [0.25, 0.3) is 5.57 Å². The minimum absolute atomic E-state index is 1.11. The molecule has 0 radical (unpaired) electrons. The van der Waals surface area contributed by atoms with Crippen LogP contribution in [0.4, 0.5) is 0 Å². The van der Waals surface area contributed by atoms with Crippen LogP contribution in [0, 0.1) is 0 Å². The maximum absolute atomic E-state index is 3.50. The van der Waals surface area contributed by atoms with Crippen LogP contribution < -0.4 is 0 Å². The summed E-state index contributed by atoms with van der Waals surface area (Å²) in [5.74, 6) is 0. The number of allylic oxidation sites excluding steroid dienone is 1. The molecule has 0 heterocycles. The summed E-state index contributed by atoms with van der Waals surface area (Å²) in [5.41, 5.74) is 7.14. The van der Waals surface area contributed by atoms with Gasteiger partial charge in [0.15, 0.2) is 0 Å². The van der Waals surface area contributed by atoms with E-state index in [4.69, 9.17) is 0 Å². The molecule has 0 aromatic heterocycles. The van der Waals surface area contributed by atoms with E-state index in [-0.39, 0.29) is 0 Å². The lowest BCUT2D eigenvalue weighted by atomic mass is 9.98. The Labute approximate surface area is 122 Å². The van der Waals surface area contributed by atoms with Crippen molar-refractivity contribution in [2.24, 2.45) is 0 Å². The lowest BCUT2D eigenvalue weighted by Gasteiger charge is -2.05. The molecule has 20 heavy (non-hydrogen) atoms. The summed E-state index contributed by atoms with van der Waals surface area (Å²) >= 11 is 0. The third kappa shape index (κ3) is 4.26. The minimum atomic E-state index is 1.11. The van der Waals surface area contributed by atoms with Crippen molar-refractivity contribution in [1.29, 1.82) is 0 Å². The van der Waals surface area contributed by atoms with E-state index in [9.17, 15) is 0 Å². The molecular formula is C20H22. The standard InChI is InChI=1S/C20H22/c1-2-3-4-5-12-17-20(18-13-8-6-9-14-18)19-15-10-7-11-16-19/h6-16H,2-5H2,1H3. The SMILES string of the molecule is CCCCCC=C=C(c1ccccc1)c1ccccc1. The summed E-state index contributed by atoms with van der Waals surface area (Å²) in [6, 6.07) is 21.0. The van der Waals surface area contributed by atoms with E-state index >= 15 is 0 Å². The zero-order valence-electron chi connectivity index (χ0n) is 12.2. The average molecular weight is 262 g/mol. The van der Waals surface area contributed by atoms with Gasteiger partial charge in [-0.3, -0.25) is 0 Å². The van der Waals surface area contributed by atoms with Gasteiger partial charge in [0.1, 0.15) is 0 Å². The highest BCUT2D eigenvalue weighted by atomic mass is 14.0. The molecule has 0 N–H and O–H groups in total. The fraction of sp³-hybridized carbons (Fsp3) is 0.250. The van der Waals surface area contributed by atoms with Gasteiger partial charge in [0.2, 0.25) is 0 Å². The van der Waals surface area contributed by atoms with Gasteiger partial charge in [-0.25, -0.2) is 0 Å². The van der Waals surface area contributed by atoms with Gasteiger partial charge in [-0.1, -0.05) is 80.4 Å². The second-order valence-electron chi connectivity index (χ2n) is 4.95. The molecule has 0 aliphatic heterocycles. The fourth-order valence-electron chi connectivity index (χ4n) is 2.21. The zero-order chi connectivity index (χ0) is 14.0. The van der Waals surface area contributed by atoms with E-state index in [1.807, 2.05) is 0 Å². The second-order valence-corrected chi connectivity index (χ2v) is 4.95. The molecule has 2 rings (SSSR count). The minimum Gasteiger partial charge on any atom is -0.116 e. The topological polar surface area (TPSA) is 0 Å². The maximum atomic E-state index is 3.50. The number of hydrogen-bond acceptors (Lipinski definition) is 0. The van der Waals surface area contributed by atoms with E-state index < -0.39 is 0 Å². The van der Waals surface area contributed by atoms with Gasteiger partial charge in [0, 0.05) is 5.57 Å². The zero-order valence-corrected chi connectivity index (χ0v) is 12.2. The quantitative estimate of drug-likeness (QED) is 0.452. The van der Waals surface area contributed by atoms with Crippen LogP contribution >= 0.6 is 0 Å². The third-order valence-corrected chi connectivity index (χ3v) is 3.32. The lowest BCUT2D eigenvalue weighted by Crippen LogP contribution is -1.85. The average Bonchev–Trinajstić information content (AvgIpc) is 2.53. The first kappa shape index (κ1) is 14.4. The van der Waals surface area contributed by atoms with Gasteiger partial charge in [-0.2, -0.15) is 0 Å². The molecule has 0 heteroatoms. The Balaban J connectivity index is 2.28. The smallest absolute Gasteiger partial charge is 0.0306 e. The van der Waals surface area contributed by atoms with Gasteiger partial charge >= 0.3 is 0 Å². The van der Waals surface area contributed by atoms with Gasteiger partial charge < -0.3 is 0 Å². The lowest BCUT2D eigenvalue weighted by molar-refractivity contribution is 0.729. The predicted octanol–water partition coefficient (Wildman–Crippen LogP) is 5.85. The number of unbranched alkanes of at least 4 members (excludes halogenated alkanes) is 3. The molecule has 0 amide bonds. The Morgan fingerprint density at radius 3 is 1.90 bits per heavy atom. The number of rotatable bonds is 6. The molecule has 2 aromatic rings. The molecule has 102 valence electrons. The summed E-state index contributed by atoms with van der Waals surface area (Å²) < 4.78 is 0. The van der Waals surface area contributed by atoms with Crippen LogP contribution in [0.3, 0.4) is 0 Å². The van der Waals surface area contributed by atoms with Crippen molar-refractivity contribution in [2.45, 2.75) is 32.6 Å². The van der Waals surface area contributed by atoms with Gasteiger partial charge in [0.25, 0.3) is 0 Å². The molecule has 0 aliphatic rings. The van der Waals surface area contributed by atoms with Crippen molar-refractivity contribution in [2.75, 3.05) is 0 Å². The molecule has 0 atom stereocenters. The van der Waals surface area contributed by atoms with Crippen molar-refractivity contribution in [3.05, 3.63) is 83.6 Å². The van der Waals surface area contributed by atoms with Crippen LogP contribution in [-0.4, -0.2) is 0 Å². The molecule has 0 spiro atoms. The summed E-state index contributed by atoms with van der Waals surface area (Å²) in [6.45, 7) is 2.24. The van der Waals surface area contributed by atoms with Gasteiger partial charge in [0.05, 0.1) is 0 Å². The van der Waals surface area contributed by atoms with E-state index in [1.54, 1.807) is 0 Å². The highest BCUT2D eigenvalue weighted by Gasteiger charge is 2.02. The molecule has 0 unspecified atom stereocenters. The molecule has 0 saturated heterocycles. The fourth-order valence-corrected chi connectivity index (χ4v) is 2.21. The van der Waals surface area contributed by atoms with Crippen LogP contribution in [0.2, 0.25) is 0 Å². The molecule has 2 aromatic carbocycles. The molecule has 0 bridgehead atoms. The molecule has 0 fully saturated rings. The Morgan fingerprint density at radius 2 is 1.40 bits per heavy atom. The molecule has 0 nitrogen and oxygen atoms in total. The van der Waals surface area contributed by atoms with Crippen LogP contribution in [0.15, 0.2) is 72.5 Å². The van der Waals surface area contributed by atoms with Crippen molar-refractivity contribution in [3.63, 3.8) is 0 Å². The van der Waals surface area contributed by atoms with Crippen molar-refractivity contribution in [1.82, 2.24) is 0 Å². The van der Waals surface area contributed by atoms with E-state index in [1.165, 1.54) is 36.0 Å². The van der Waals surface area contributed by atoms with Crippen LogP contribution in [0.1, 0.15) is 43.7 Å². The van der Waals surface area contributed by atoms with Gasteiger partial charge in [-0.05, 0) is 30.0 Å². The third-order valence-electron chi connectivity index (χ3n) is 3.32. The largest absolute Gasteiger partial charge is 0.116 e. The predicted molar refractivity (Wildman–Crippen MR) is 87.6 cm³/mol. The Kier molecular flexibility index (Phi) is 5.89. The first-order chi connectivity index (χ1) is 9.92. The number of benzene rings is 2. The van der Waals surface area contributed by atoms with Crippen LogP contribution in [-0.2, 0) is 0 Å². The van der Waals surface area contributed by atoms with Crippen molar-refractivity contribution < 1.29 is 0 Å². The summed E-state index contributed by atoms with van der Waals surface area (Å²) in [4.78, 5) is 0.